The maximum Gasteiger partial charge on any atom is 0.311 e. The van der Waals surface area contributed by atoms with Crippen molar-refractivity contribution in [1.29, 1.82) is 0 Å². The number of H-pyrrole nitrogens is 1. The molecule has 2 N–H and O–H groups in total. The van der Waals surface area contributed by atoms with Crippen molar-refractivity contribution in [2.45, 2.75) is 47.0 Å². The summed E-state index contributed by atoms with van der Waals surface area (Å²) in [5.41, 5.74) is 2.95. The normalized spacial score (nSPS) is 15.3. The molecule has 0 unspecified atom stereocenters. The third kappa shape index (κ3) is 4.10. The van der Waals surface area contributed by atoms with E-state index in [1.165, 1.54) is 11.3 Å². The summed E-state index contributed by atoms with van der Waals surface area (Å²) in [5, 5.41) is 4.86. The minimum atomic E-state index is -0.352. The standard InChI is InChI=1S/C19H23N3O4S/c1-5-26-14(24)6-11-9-27-18(20-11)22-17(25)16-10(2)15-12(21-16)7-19(3,4)8-13(15)23/h9,21H,5-8H2,1-4H3,(H,20,22,25). The largest absolute Gasteiger partial charge is 0.466 e. The Hall–Kier alpha value is -2.48. The van der Waals surface area contributed by atoms with Crippen molar-refractivity contribution in [2.75, 3.05) is 11.9 Å². The van der Waals surface area contributed by atoms with Crippen molar-refractivity contribution in [2.24, 2.45) is 5.41 Å². The average Bonchev–Trinajstić information content (AvgIpc) is 3.10. The van der Waals surface area contributed by atoms with Gasteiger partial charge >= 0.3 is 5.97 Å². The summed E-state index contributed by atoms with van der Waals surface area (Å²) >= 11 is 1.24. The number of anilines is 1. The highest BCUT2D eigenvalue weighted by Crippen LogP contribution is 2.36. The number of amides is 1. The molecule has 3 rings (SSSR count). The van der Waals surface area contributed by atoms with E-state index in [-0.39, 0.29) is 29.5 Å². The minimum absolute atomic E-state index is 0.0691. The molecule has 2 aromatic rings. The molecule has 0 aromatic carbocycles. The molecule has 1 aliphatic carbocycles. The van der Waals surface area contributed by atoms with Gasteiger partial charge in [0.25, 0.3) is 5.91 Å². The Morgan fingerprint density at radius 1 is 1.37 bits per heavy atom. The van der Waals surface area contributed by atoms with Crippen molar-refractivity contribution < 1.29 is 19.1 Å². The molecule has 2 aromatic heterocycles. The van der Waals surface area contributed by atoms with Gasteiger partial charge in [0.2, 0.25) is 0 Å². The van der Waals surface area contributed by atoms with E-state index in [0.717, 1.165) is 12.1 Å². The molecule has 144 valence electrons. The highest BCUT2D eigenvalue weighted by molar-refractivity contribution is 7.14. The van der Waals surface area contributed by atoms with E-state index in [4.69, 9.17) is 4.74 Å². The van der Waals surface area contributed by atoms with E-state index in [9.17, 15) is 14.4 Å². The first-order chi connectivity index (χ1) is 12.7. The van der Waals surface area contributed by atoms with Crippen LogP contribution in [-0.2, 0) is 22.4 Å². The summed E-state index contributed by atoms with van der Waals surface area (Å²) in [5.74, 6) is -0.626. The number of esters is 1. The van der Waals surface area contributed by atoms with Crippen molar-refractivity contribution in [1.82, 2.24) is 9.97 Å². The Balaban J connectivity index is 1.75. The van der Waals surface area contributed by atoms with Gasteiger partial charge in [-0.2, -0.15) is 0 Å². The molecule has 7 nitrogen and oxygen atoms in total. The molecule has 2 heterocycles. The zero-order valence-electron chi connectivity index (χ0n) is 15.9. The number of aromatic amines is 1. The number of hydrogen-bond acceptors (Lipinski definition) is 6. The molecule has 0 bridgehead atoms. The average molecular weight is 389 g/mol. The van der Waals surface area contributed by atoms with E-state index in [1.807, 2.05) is 13.8 Å². The second-order valence-corrected chi connectivity index (χ2v) is 8.36. The Morgan fingerprint density at radius 2 is 2.11 bits per heavy atom. The van der Waals surface area contributed by atoms with Crippen LogP contribution in [0.15, 0.2) is 5.38 Å². The molecule has 8 heteroatoms. The van der Waals surface area contributed by atoms with Gasteiger partial charge in [0.1, 0.15) is 5.69 Å². The molecule has 27 heavy (non-hydrogen) atoms. The van der Waals surface area contributed by atoms with Gasteiger partial charge in [0.05, 0.1) is 18.7 Å². The lowest BCUT2D eigenvalue weighted by Crippen LogP contribution is -2.26. The lowest BCUT2D eigenvalue weighted by atomic mass is 9.75. The number of ketones is 1. The smallest absolute Gasteiger partial charge is 0.311 e. The number of hydrogen-bond donors (Lipinski definition) is 2. The minimum Gasteiger partial charge on any atom is -0.466 e. The number of aromatic nitrogens is 2. The summed E-state index contributed by atoms with van der Waals surface area (Å²) in [6, 6.07) is 0. The highest BCUT2D eigenvalue weighted by atomic mass is 32.1. The second kappa shape index (κ2) is 7.26. The number of Topliss-reactive ketones (excluding diaryl/α,β-unsaturated/α-hetero) is 1. The van der Waals surface area contributed by atoms with Gasteiger partial charge in [-0.05, 0) is 31.2 Å². The van der Waals surface area contributed by atoms with Crippen LogP contribution in [0.5, 0.6) is 0 Å². The van der Waals surface area contributed by atoms with Crippen molar-refractivity contribution >= 4 is 34.1 Å². The van der Waals surface area contributed by atoms with Gasteiger partial charge in [-0.25, -0.2) is 4.98 Å². The number of nitrogens with zero attached hydrogens (tertiary/aromatic N) is 1. The predicted octanol–water partition coefficient (Wildman–Crippen LogP) is 3.29. The SMILES string of the molecule is CCOC(=O)Cc1csc(NC(=O)c2[nH]c3c(c2C)C(=O)CC(C)(C)C3)n1. The molecular weight excluding hydrogens is 366 g/mol. The number of ether oxygens (including phenoxy) is 1. The summed E-state index contributed by atoms with van der Waals surface area (Å²) in [6.07, 6.45) is 1.27. The van der Waals surface area contributed by atoms with Crippen LogP contribution in [0.2, 0.25) is 0 Å². The Kier molecular flexibility index (Phi) is 5.19. The van der Waals surface area contributed by atoms with Crippen molar-refractivity contribution in [3.05, 3.63) is 33.6 Å². The van der Waals surface area contributed by atoms with Crippen LogP contribution < -0.4 is 5.32 Å². The quantitative estimate of drug-likeness (QED) is 0.764. The zero-order valence-corrected chi connectivity index (χ0v) is 16.7. The van der Waals surface area contributed by atoms with E-state index in [0.29, 0.717) is 40.7 Å². The molecule has 0 saturated carbocycles. The molecule has 1 amide bonds. The Labute approximate surface area is 161 Å². The van der Waals surface area contributed by atoms with Gasteiger partial charge < -0.3 is 9.72 Å². The van der Waals surface area contributed by atoms with E-state index >= 15 is 0 Å². The van der Waals surface area contributed by atoms with Gasteiger partial charge in [-0.1, -0.05) is 13.8 Å². The summed E-state index contributed by atoms with van der Waals surface area (Å²) in [4.78, 5) is 44.1. The zero-order chi connectivity index (χ0) is 19.8. The number of carbonyl (C=O) groups is 3. The highest BCUT2D eigenvalue weighted by Gasteiger charge is 2.35. The lowest BCUT2D eigenvalue weighted by molar-refractivity contribution is -0.142. The molecule has 0 fully saturated rings. The van der Waals surface area contributed by atoms with Crippen LogP contribution in [-0.4, -0.2) is 34.2 Å². The van der Waals surface area contributed by atoms with E-state index < -0.39 is 0 Å². The lowest BCUT2D eigenvalue weighted by Gasteiger charge is -2.28. The third-order valence-electron chi connectivity index (χ3n) is 4.53. The summed E-state index contributed by atoms with van der Waals surface area (Å²) in [6.45, 7) is 7.94. The number of fused-ring (bicyclic) bond motifs is 1. The molecule has 0 saturated heterocycles. The van der Waals surface area contributed by atoms with Gasteiger partial charge in [-0.15, -0.1) is 11.3 Å². The summed E-state index contributed by atoms with van der Waals surface area (Å²) in [7, 11) is 0. The third-order valence-corrected chi connectivity index (χ3v) is 5.34. The van der Waals surface area contributed by atoms with Gasteiger partial charge in [0, 0.05) is 23.1 Å². The second-order valence-electron chi connectivity index (χ2n) is 7.50. The maximum absolute atomic E-state index is 12.7. The fourth-order valence-electron chi connectivity index (χ4n) is 3.42. The van der Waals surface area contributed by atoms with Crippen molar-refractivity contribution in [3.63, 3.8) is 0 Å². The molecule has 0 radical (unpaired) electrons. The maximum atomic E-state index is 12.7. The van der Waals surface area contributed by atoms with E-state index in [1.54, 1.807) is 19.2 Å². The topological polar surface area (TPSA) is 101 Å². The van der Waals surface area contributed by atoms with Crippen LogP contribution in [0, 0.1) is 12.3 Å². The van der Waals surface area contributed by atoms with Crippen LogP contribution in [0.3, 0.4) is 0 Å². The fraction of sp³-hybridized carbons (Fsp3) is 0.474. The predicted molar refractivity (Wildman–Crippen MR) is 102 cm³/mol. The van der Waals surface area contributed by atoms with Crippen LogP contribution in [0.25, 0.3) is 0 Å². The van der Waals surface area contributed by atoms with Crippen molar-refractivity contribution in [3.8, 4) is 0 Å². The van der Waals surface area contributed by atoms with Crippen LogP contribution in [0.4, 0.5) is 5.13 Å². The molecule has 0 atom stereocenters. The molecule has 1 aliphatic rings. The summed E-state index contributed by atoms with van der Waals surface area (Å²) < 4.78 is 4.90. The number of nitrogens with one attached hydrogen (secondary N) is 2. The van der Waals surface area contributed by atoms with Crippen LogP contribution in [0.1, 0.15) is 65.0 Å². The Morgan fingerprint density at radius 3 is 2.81 bits per heavy atom. The number of thiazole rings is 1. The molecular formula is C19H23N3O4S. The van der Waals surface area contributed by atoms with Gasteiger partial charge in [-0.3, -0.25) is 19.7 Å². The molecule has 0 spiro atoms. The first-order valence-electron chi connectivity index (χ1n) is 8.86. The first-order valence-corrected chi connectivity index (χ1v) is 9.74. The molecule has 0 aliphatic heterocycles. The van der Waals surface area contributed by atoms with E-state index in [2.05, 4.69) is 15.3 Å². The fourth-order valence-corrected chi connectivity index (χ4v) is 4.13. The number of rotatable bonds is 5. The first kappa shape index (κ1) is 19.3. The van der Waals surface area contributed by atoms with Gasteiger partial charge in [0.15, 0.2) is 10.9 Å². The Bertz CT molecular complexity index is 910. The number of carbonyl (C=O) groups excluding carboxylic acids is 3. The monoisotopic (exact) mass is 389 g/mol. The van der Waals surface area contributed by atoms with Crippen LogP contribution >= 0.6 is 11.3 Å².